The number of hydrogen-bond donors (Lipinski definition) is 1. The van der Waals surface area contributed by atoms with Crippen LogP contribution >= 0.6 is 0 Å². The van der Waals surface area contributed by atoms with Crippen molar-refractivity contribution >= 4 is 23.8 Å². The molecule has 1 N–H and O–H groups in total. The lowest BCUT2D eigenvalue weighted by molar-refractivity contribution is -0.146. The van der Waals surface area contributed by atoms with Gasteiger partial charge in [-0.25, -0.2) is 14.4 Å². The fourth-order valence-corrected chi connectivity index (χ4v) is 4.63. The van der Waals surface area contributed by atoms with Crippen LogP contribution in [0.2, 0.25) is 0 Å². The standard InChI is InChI=1S/C34H47NO7/c1-3-4-5-6-7-8-9-10-11-18-23-29(36)24-25-30(42-32(37)28-21-16-13-17-22-28)31(33(38)40-2)35-34(39)41-26-27-19-14-12-15-20-27/h12-17,19-22,30-31H,3-11,18,23-26H2,1-2H3,(H,35,39)/t30-,31-/m0/s1. The van der Waals surface area contributed by atoms with Gasteiger partial charge in [0.15, 0.2) is 6.04 Å². The molecule has 2 atom stereocenters. The lowest BCUT2D eigenvalue weighted by atomic mass is 10.0. The van der Waals surface area contributed by atoms with Crippen LogP contribution in [0.3, 0.4) is 0 Å². The first-order valence-electron chi connectivity index (χ1n) is 15.3. The summed E-state index contributed by atoms with van der Waals surface area (Å²) in [5.41, 5.74) is 1.06. The molecule has 8 nitrogen and oxygen atoms in total. The molecule has 42 heavy (non-hydrogen) atoms. The van der Waals surface area contributed by atoms with Crippen LogP contribution < -0.4 is 5.32 Å². The van der Waals surface area contributed by atoms with Crippen molar-refractivity contribution in [2.24, 2.45) is 0 Å². The van der Waals surface area contributed by atoms with Gasteiger partial charge in [-0.15, -0.1) is 0 Å². The molecule has 2 aromatic carbocycles. The maximum Gasteiger partial charge on any atom is 0.408 e. The van der Waals surface area contributed by atoms with Crippen LogP contribution in [0, 0.1) is 0 Å². The summed E-state index contributed by atoms with van der Waals surface area (Å²) < 4.78 is 15.9. The smallest absolute Gasteiger partial charge is 0.408 e. The number of benzene rings is 2. The summed E-state index contributed by atoms with van der Waals surface area (Å²) in [6, 6.07) is 16.1. The molecule has 0 aliphatic rings. The van der Waals surface area contributed by atoms with Crippen molar-refractivity contribution in [1.29, 1.82) is 0 Å². The molecule has 230 valence electrons. The zero-order chi connectivity index (χ0) is 30.4. The van der Waals surface area contributed by atoms with Crippen molar-refractivity contribution in [1.82, 2.24) is 5.32 Å². The molecule has 0 saturated heterocycles. The van der Waals surface area contributed by atoms with Gasteiger partial charge in [0.2, 0.25) is 0 Å². The predicted octanol–water partition coefficient (Wildman–Crippen LogP) is 7.34. The fourth-order valence-electron chi connectivity index (χ4n) is 4.63. The van der Waals surface area contributed by atoms with E-state index in [0.29, 0.717) is 6.42 Å². The van der Waals surface area contributed by atoms with Gasteiger partial charge in [0, 0.05) is 12.8 Å². The van der Waals surface area contributed by atoms with Crippen molar-refractivity contribution in [3.05, 3.63) is 71.8 Å². The van der Waals surface area contributed by atoms with Crippen molar-refractivity contribution in [2.75, 3.05) is 7.11 Å². The quantitative estimate of drug-likeness (QED) is 0.0933. The lowest BCUT2D eigenvalue weighted by Gasteiger charge is -2.26. The number of carbonyl (C=O) groups excluding carboxylic acids is 4. The number of carbonyl (C=O) groups is 4. The molecule has 0 bridgehead atoms. The summed E-state index contributed by atoms with van der Waals surface area (Å²) >= 11 is 0. The van der Waals surface area contributed by atoms with Gasteiger partial charge in [0.25, 0.3) is 0 Å². The van der Waals surface area contributed by atoms with Crippen molar-refractivity contribution in [3.63, 3.8) is 0 Å². The number of unbranched alkanes of at least 4 members (excludes halogenated alkanes) is 9. The summed E-state index contributed by atoms with van der Waals surface area (Å²) in [6.45, 7) is 2.21. The van der Waals surface area contributed by atoms with Crippen LogP contribution in [0.15, 0.2) is 60.7 Å². The van der Waals surface area contributed by atoms with Crippen LogP contribution in [0.4, 0.5) is 4.79 Å². The first-order chi connectivity index (χ1) is 20.4. The number of ether oxygens (including phenoxy) is 3. The number of methoxy groups -OCH3 is 1. The zero-order valence-electron chi connectivity index (χ0n) is 25.2. The van der Waals surface area contributed by atoms with Crippen LogP contribution in [0.5, 0.6) is 0 Å². The predicted molar refractivity (Wildman–Crippen MR) is 162 cm³/mol. The molecular formula is C34H47NO7. The molecule has 0 radical (unpaired) electrons. The molecule has 2 aromatic rings. The number of hydrogen-bond acceptors (Lipinski definition) is 7. The van der Waals surface area contributed by atoms with E-state index in [1.165, 1.54) is 52.1 Å². The van der Waals surface area contributed by atoms with Crippen LogP contribution in [0.25, 0.3) is 0 Å². The summed E-state index contributed by atoms with van der Waals surface area (Å²) in [6.07, 6.45) is 10.3. The molecule has 0 aromatic heterocycles. The van der Waals surface area contributed by atoms with E-state index in [1.807, 2.05) is 18.2 Å². The summed E-state index contributed by atoms with van der Waals surface area (Å²) in [4.78, 5) is 50.9. The van der Waals surface area contributed by atoms with Gasteiger partial charge in [-0.3, -0.25) is 4.79 Å². The number of alkyl carbamates (subject to hydrolysis) is 1. The first kappa shape index (κ1) is 34.5. The van der Waals surface area contributed by atoms with Gasteiger partial charge in [-0.2, -0.15) is 0 Å². The minimum Gasteiger partial charge on any atom is -0.467 e. The van der Waals surface area contributed by atoms with Crippen molar-refractivity contribution in [3.8, 4) is 0 Å². The average molecular weight is 582 g/mol. The Morgan fingerprint density at radius 3 is 1.90 bits per heavy atom. The Balaban J connectivity index is 1.92. The molecule has 0 unspecified atom stereocenters. The van der Waals surface area contributed by atoms with Gasteiger partial charge in [0.05, 0.1) is 12.7 Å². The van der Waals surface area contributed by atoms with Crippen LogP contribution in [-0.2, 0) is 30.4 Å². The lowest BCUT2D eigenvalue weighted by Crippen LogP contribution is -2.51. The second-order valence-corrected chi connectivity index (χ2v) is 10.5. The molecule has 0 aliphatic heterocycles. The fraction of sp³-hybridized carbons (Fsp3) is 0.529. The van der Waals surface area contributed by atoms with Crippen molar-refractivity contribution in [2.45, 2.75) is 109 Å². The van der Waals surface area contributed by atoms with E-state index in [-0.39, 0.29) is 30.8 Å². The Bertz CT molecular complexity index is 1060. The molecule has 0 fully saturated rings. The Hall–Kier alpha value is -3.68. The highest BCUT2D eigenvalue weighted by Gasteiger charge is 2.35. The second kappa shape index (κ2) is 21.1. The largest absolute Gasteiger partial charge is 0.467 e. The molecule has 0 heterocycles. The number of nitrogens with one attached hydrogen (secondary N) is 1. The monoisotopic (exact) mass is 581 g/mol. The molecule has 8 heteroatoms. The van der Waals surface area contributed by atoms with E-state index in [9.17, 15) is 19.2 Å². The maximum absolute atomic E-state index is 12.9. The Morgan fingerprint density at radius 1 is 0.738 bits per heavy atom. The average Bonchev–Trinajstić information content (AvgIpc) is 3.02. The Labute approximate surface area is 250 Å². The number of amides is 1. The first-order valence-corrected chi connectivity index (χ1v) is 15.3. The third kappa shape index (κ3) is 14.3. The summed E-state index contributed by atoms with van der Waals surface area (Å²) in [5, 5.41) is 2.48. The van der Waals surface area contributed by atoms with E-state index < -0.39 is 30.2 Å². The molecule has 0 aliphatic carbocycles. The van der Waals surface area contributed by atoms with Crippen molar-refractivity contribution < 1.29 is 33.4 Å². The van der Waals surface area contributed by atoms with Gasteiger partial charge < -0.3 is 19.5 Å². The number of esters is 2. The second-order valence-electron chi connectivity index (χ2n) is 10.5. The van der Waals surface area contributed by atoms with E-state index in [1.54, 1.807) is 42.5 Å². The van der Waals surface area contributed by atoms with Gasteiger partial charge >= 0.3 is 18.0 Å². The molecule has 0 spiro atoms. The third-order valence-electron chi connectivity index (χ3n) is 7.10. The zero-order valence-corrected chi connectivity index (χ0v) is 25.2. The van der Waals surface area contributed by atoms with Gasteiger partial charge in [-0.1, -0.05) is 113 Å². The van der Waals surface area contributed by atoms with Gasteiger partial charge in [-0.05, 0) is 30.5 Å². The highest BCUT2D eigenvalue weighted by Crippen LogP contribution is 2.17. The topological polar surface area (TPSA) is 108 Å². The molecule has 0 saturated carbocycles. The summed E-state index contributed by atoms with van der Waals surface area (Å²) in [5.74, 6) is -1.46. The Morgan fingerprint density at radius 2 is 1.31 bits per heavy atom. The minimum atomic E-state index is -1.35. The van der Waals surface area contributed by atoms with Crippen LogP contribution in [0.1, 0.15) is 106 Å². The van der Waals surface area contributed by atoms with E-state index >= 15 is 0 Å². The summed E-state index contributed by atoms with van der Waals surface area (Å²) in [7, 11) is 1.18. The van der Waals surface area contributed by atoms with Crippen LogP contribution in [-0.4, -0.2) is 43.1 Å². The number of Topliss-reactive ketones (excluding diaryl/α,β-unsaturated/α-hetero) is 1. The molecular weight excluding hydrogens is 534 g/mol. The third-order valence-corrected chi connectivity index (χ3v) is 7.10. The molecule has 1 amide bonds. The highest BCUT2D eigenvalue weighted by molar-refractivity contribution is 5.90. The number of ketones is 1. The van der Waals surface area contributed by atoms with E-state index in [0.717, 1.165) is 24.8 Å². The molecule has 2 rings (SSSR count). The maximum atomic E-state index is 12.9. The minimum absolute atomic E-state index is 0.00756. The van der Waals surface area contributed by atoms with E-state index in [2.05, 4.69) is 12.2 Å². The highest BCUT2D eigenvalue weighted by atomic mass is 16.6. The normalized spacial score (nSPS) is 12.1. The van der Waals surface area contributed by atoms with Gasteiger partial charge in [0.1, 0.15) is 18.5 Å². The SMILES string of the molecule is CCCCCCCCCCCCC(=O)CC[C@H](OC(=O)c1ccccc1)[C@H](NC(=O)OCc1ccccc1)C(=O)OC. The number of rotatable bonds is 21. The Kier molecular flexibility index (Phi) is 17.3. The van der Waals surface area contributed by atoms with E-state index in [4.69, 9.17) is 14.2 Å².